The largest absolute Gasteiger partial charge is 0.493 e. The number of hydrogen-bond acceptors (Lipinski definition) is 2. The van der Waals surface area contributed by atoms with Crippen molar-refractivity contribution in [2.45, 2.75) is 46.6 Å². The molecule has 1 aliphatic heterocycles. The number of fused-ring (bicyclic) bond motifs is 1. The van der Waals surface area contributed by atoms with E-state index in [1.807, 2.05) is 0 Å². The molecule has 1 N–H and O–H groups in total. The Kier molecular flexibility index (Phi) is 5.19. The molecule has 25 heavy (non-hydrogen) atoms. The molecule has 2 unspecified atom stereocenters. The molecule has 2 atom stereocenters. The van der Waals surface area contributed by atoms with Gasteiger partial charge in [-0.15, -0.1) is 0 Å². The van der Waals surface area contributed by atoms with E-state index in [0.717, 1.165) is 18.9 Å². The first-order valence-electron chi connectivity index (χ1n) is 9.41. The van der Waals surface area contributed by atoms with Crippen LogP contribution in [0.1, 0.15) is 63.3 Å². The smallest absolute Gasteiger partial charge is 0.119 e. The standard InChI is InChI=1S/C23H31NO/c1-16(2)15-25-18-11-12-19-20(13-18)22(23(3,4)5)24-14-21(19)17-9-7-6-8-10-17/h6-13,16,21-22,24H,14-15H2,1-5H3. The predicted octanol–water partition coefficient (Wildman–Crippen LogP) is 5.54. The molecule has 0 aliphatic carbocycles. The van der Waals surface area contributed by atoms with Gasteiger partial charge in [-0.25, -0.2) is 0 Å². The zero-order chi connectivity index (χ0) is 18.0. The summed E-state index contributed by atoms with van der Waals surface area (Å²) in [7, 11) is 0. The Balaban J connectivity index is 2.00. The zero-order valence-corrected chi connectivity index (χ0v) is 16.2. The Hall–Kier alpha value is -1.80. The Morgan fingerprint density at radius 3 is 2.40 bits per heavy atom. The van der Waals surface area contributed by atoms with Crippen molar-refractivity contribution in [1.29, 1.82) is 0 Å². The summed E-state index contributed by atoms with van der Waals surface area (Å²) >= 11 is 0. The maximum atomic E-state index is 6.01. The van der Waals surface area contributed by atoms with Crippen molar-refractivity contribution in [3.05, 3.63) is 65.2 Å². The van der Waals surface area contributed by atoms with Gasteiger partial charge < -0.3 is 10.1 Å². The third kappa shape index (κ3) is 4.07. The fourth-order valence-corrected chi connectivity index (χ4v) is 3.68. The molecule has 0 radical (unpaired) electrons. The molecule has 2 nitrogen and oxygen atoms in total. The maximum Gasteiger partial charge on any atom is 0.119 e. The van der Waals surface area contributed by atoms with Crippen molar-refractivity contribution in [3.8, 4) is 5.75 Å². The molecule has 1 heterocycles. The summed E-state index contributed by atoms with van der Waals surface area (Å²) in [6.07, 6.45) is 0. The minimum atomic E-state index is 0.160. The van der Waals surface area contributed by atoms with Gasteiger partial charge in [0.2, 0.25) is 0 Å². The molecule has 0 spiro atoms. The normalized spacial score (nSPS) is 20.4. The first kappa shape index (κ1) is 18.0. The highest BCUT2D eigenvalue weighted by Gasteiger charge is 2.34. The van der Waals surface area contributed by atoms with E-state index >= 15 is 0 Å². The summed E-state index contributed by atoms with van der Waals surface area (Å²) in [4.78, 5) is 0. The Bertz CT molecular complexity index is 700. The van der Waals surface area contributed by atoms with E-state index in [-0.39, 0.29) is 5.41 Å². The van der Waals surface area contributed by atoms with Crippen LogP contribution in [0, 0.1) is 11.3 Å². The van der Waals surface area contributed by atoms with Gasteiger partial charge in [-0.1, -0.05) is 71.0 Å². The number of ether oxygens (including phenoxy) is 1. The first-order valence-corrected chi connectivity index (χ1v) is 9.41. The van der Waals surface area contributed by atoms with Crippen molar-refractivity contribution in [3.63, 3.8) is 0 Å². The minimum Gasteiger partial charge on any atom is -0.493 e. The monoisotopic (exact) mass is 337 g/mol. The molecule has 0 fully saturated rings. The third-order valence-electron chi connectivity index (χ3n) is 4.92. The summed E-state index contributed by atoms with van der Waals surface area (Å²) in [5.74, 6) is 1.91. The van der Waals surface area contributed by atoms with Crippen molar-refractivity contribution in [2.24, 2.45) is 11.3 Å². The van der Waals surface area contributed by atoms with Crippen LogP contribution in [-0.2, 0) is 0 Å². The van der Waals surface area contributed by atoms with Gasteiger partial charge >= 0.3 is 0 Å². The second kappa shape index (κ2) is 7.21. The van der Waals surface area contributed by atoms with Gasteiger partial charge in [0, 0.05) is 18.5 Å². The second-order valence-electron chi connectivity index (χ2n) is 8.67. The molecule has 134 valence electrons. The Labute approximate surface area is 152 Å². The van der Waals surface area contributed by atoms with Crippen LogP contribution in [0.3, 0.4) is 0 Å². The quantitative estimate of drug-likeness (QED) is 0.790. The molecule has 3 rings (SSSR count). The van der Waals surface area contributed by atoms with Crippen LogP contribution in [0.15, 0.2) is 48.5 Å². The lowest BCUT2D eigenvalue weighted by Gasteiger charge is -2.40. The van der Waals surface area contributed by atoms with Crippen LogP contribution in [-0.4, -0.2) is 13.2 Å². The van der Waals surface area contributed by atoms with E-state index in [4.69, 9.17) is 4.74 Å². The van der Waals surface area contributed by atoms with Crippen LogP contribution in [0.5, 0.6) is 5.75 Å². The highest BCUT2D eigenvalue weighted by molar-refractivity contribution is 5.46. The lowest BCUT2D eigenvalue weighted by molar-refractivity contribution is 0.252. The van der Waals surface area contributed by atoms with Crippen molar-refractivity contribution in [2.75, 3.05) is 13.2 Å². The van der Waals surface area contributed by atoms with Crippen LogP contribution in [0.25, 0.3) is 0 Å². The average Bonchev–Trinajstić information content (AvgIpc) is 2.58. The Morgan fingerprint density at radius 1 is 1.04 bits per heavy atom. The predicted molar refractivity (Wildman–Crippen MR) is 105 cm³/mol. The number of hydrogen-bond donors (Lipinski definition) is 1. The zero-order valence-electron chi connectivity index (χ0n) is 16.2. The van der Waals surface area contributed by atoms with Gasteiger partial charge in [0.05, 0.1) is 6.61 Å². The van der Waals surface area contributed by atoms with E-state index in [0.29, 0.717) is 17.9 Å². The lowest BCUT2D eigenvalue weighted by atomic mass is 9.74. The summed E-state index contributed by atoms with van der Waals surface area (Å²) in [5.41, 5.74) is 4.35. The molecular weight excluding hydrogens is 306 g/mol. The first-order chi connectivity index (χ1) is 11.9. The van der Waals surface area contributed by atoms with E-state index < -0.39 is 0 Å². The maximum absolute atomic E-state index is 6.01. The second-order valence-corrected chi connectivity index (χ2v) is 8.67. The topological polar surface area (TPSA) is 21.3 Å². The summed E-state index contributed by atoms with van der Waals surface area (Å²) in [6, 6.07) is 17.8. The van der Waals surface area contributed by atoms with Crippen LogP contribution < -0.4 is 10.1 Å². The molecule has 2 aromatic carbocycles. The number of rotatable bonds is 4. The SMILES string of the molecule is CC(C)COc1ccc2c(c1)C(C(C)(C)C)NCC2c1ccccc1. The Morgan fingerprint density at radius 2 is 1.76 bits per heavy atom. The number of nitrogens with one attached hydrogen (secondary N) is 1. The molecule has 0 aromatic heterocycles. The fourth-order valence-electron chi connectivity index (χ4n) is 3.68. The van der Waals surface area contributed by atoms with Gasteiger partial charge in [-0.05, 0) is 40.2 Å². The highest BCUT2D eigenvalue weighted by Crippen LogP contribution is 2.43. The minimum absolute atomic E-state index is 0.160. The van der Waals surface area contributed by atoms with Crippen molar-refractivity contribution < 1.29 is 4.74 Å². The molecule has 0 bridgehead atoms. The van der Waals surface area contributed by atoms with Crippen molar-refractivity contribution >= 4 is 0 Å². The van der Waals surface area contributed by atoms with Crippen LogP contribution >= 0.6 is 0 Å². The molecule has 1 aliphatic rings. The lowest BCUT2D eigenvalue weighted by Crippen LogP contribution is -2.40. The third-order valence-corrected chi connectivity index (χ3v) is 4.92. The van der Waals surface area contributed by atoms with E-state index in [1.165, 1.54) is 16.7 Å². The summed E-state index contributed by atoms with van der Waals surface area (Å²) < 4.78 is 6.01. The highest BCUT2D eigenvalue weighted by atomic mass is 16.5. The van der Waals surface area contributed by atoms with Gasteiger partial charge in [-0.3, -0.25) is 0 Å². The van der Waals surface area contributed by atoms with Crippen LogP contribution in [0.2, 0.25) is 0 Å². The fraction of sp³-hybridized carbons (Fsp3) is 0.478. The van der Waals surface area contributed by atoms with Gasteiger partial charge in [0.25, 0.3) is 0 Å². The summed E-state index contributed by atoms with van der Waals surface area (Å²) in [5, 5.41) is 3.80. The van der Waals surface area contributed by atoms with E-state index in [2.05, 4.69) is 88.5 Å². The van der Waals surface area contributed by atoms with E-state index in [1.54, 1.807) is 0 Å². The molecular formula is C23H31NO. The number of benzene rings is 2. The molecule has 2 heteroatoms. The van der Waals surface area contributed by atoms with Gasteiger partial charge in [-0.2, -0.15) is 0 Å². The molecule has 2 aromatic rings. The van der Waals surface area contributed by atoms with E-state index in [9.17, 15) is 0 Å². The summed E-state index contributed by atoms with van der Waals surface area (Å²) in [6.45, 7) is 13.0. The van der Waals surface area contributed by atoms with Gasteiger partial charge in [0.1, 0.15) is 5.75 Å². The molecule has 0 amide bonds. The average molecular weight is 338 g/mol. The van der Waals surface area contributed by atoms with Gasteiger partial charge in [0.15, 0.2) is 0 Å². The van der Waals surface area contributed by atoms with Crippen molar-refractivity contribution in [1.82, 2.24) is 5.32 Å². The molecule has 0 saturated heterocycles. The van der Waals surface area contributed by atoms with Crippen LogP contribution in [0.4, 0.5) is 0 Å². The molecule has 0 saturated carbocycles.